The summed E-state index contributed by atoms with van der Waals surface area (Å²) in [5.41, 5.74) is 0.750. The van der Waals surface area contributed by atoms with Crippen molar-refractivity contribution < 1.29 is 17.9 Å². The molecule has 2 fully saturated rings. The zero-order valence-electron chi connectivity index (χ0n) is 15.6. The van der Waals surface area contributed by atoms with E-state index in [1.165, 1.54) is 16.8 Å². The standard InChI is InChI=1S/C18H23N5O4S/c1-22-11-17(21-12-22)28(25,26)23-10-13(8-16-15(23)5-7-27-16)18(24)20-9-14-4-2-3-6-19-14/h2-4,6,11-13,15-16H,5,7-10H2,1H3,(H,20,24)/t13-,15-,16-/m1/s1. The van der Waals surface area contributed by atoms with Crippen LogP contribution in [0.25, 0.3) is 0 Å². The normalized spacial score (nSPS) is 25.4. The van der Waals surface area contributed by atoms with E-state index in [0.29, 0.717) is 26.0 Å². The van der Waals surface area contributed by atoms with Crippen molar-refractivity contribution in [3.63, 3.8) is 0 Å². The maximum atomic E-state index is 13.1. The van der Waals surface area contributed by atoms with E-state index in [4.69, 9.17) is 4.74 Å². The molecule has 0 saturated carbocycles. The number of ether oxygens (including phenoxy) is 1. The van der Waals surface area contributed by atoms with Gasteiger partial charge in [-0.2, -0.15) is 4.31 Å². The molecule has 0 bridgehead atoms. The van der Waals surface area contributed by atoms with E-state index in [-0.39, 0.29) is 29.6 Å². The third-order valence-electron chi connectivity index (χ3n) is 5.26. The third-order valence-corrected chi connectivity index (χ3v) is 7.03. The Hall–Kier alpha value is -2.30. The van der Waals surface area contributed by atoms with Gasteiger partial charge in [0.25, 0.3) is 10.0 Å². The van der Waals surface area contributed by atoms with E-state index in [9.17, 15) is 13.2 Å². The Morgan fingerprint density at radius 2 is 2.21 bits per heavy atom. The van der Waals surface area contributed by atoms with Crippen LogP contribution in [0.4, 0.5) is 0 Å². The van der Waals surface area contributed by atoms with Crippen LogP contribution in [0.3, 0.4) is 0 Å². The highest BCUT2D eigenvalue weighted by atomic mass is 32.2. The fourth-order valence-corrected chi connectivity index (χ4v) is 5.53. The molecule has 0 spiro atoms. The number of imidazole rings is 1. The molecule has 0 aromatic carbocycles. The van der Waals surface area contributed by atoms with Crippen LogP contribution in [0.5, 0.6) is 0 Å². The molecule has 0 radical (unpaired) electrons. The number of sulfonamides is 1. The molecule has 0 unspecified atom stereocenters. The number of hydrogen-bond acceptors (Lipinski definition) is 6. The summed E-state index contributed by atoms with van der Waals surface area (Å²) in [6.07, 6.45) is 5.45. The molecular weight excluding hydrogens is 382 g/mol. The lowest BCUT2D eigenvalue weighted by Gasteiger charge is -2.38. The van der Waals surface area contributed by atoms with Gasteiger partial charge in [0.2, 0.25) is 5.91 Å². The van der Waals surface area contributed by atoms with Crippen LogP contribution < -0.4 is 5.32 Å². The van der Waals surface area contributed by atoms with Gasteiger partial charge in [-0.15, -0.1) is 0 Å². The lowest BCUT2D eigenvalue weighted by molar-refractivity contribution is -0.128. The Bertz CT molecular complexity index is 946. The van der Waals surface area contributed by atoms with E-state index < -0.39 is 15.9 Å². The number of amides is 1. The molecule has 0 aliphatic carbocycles. The molecular formula is C18H23N5O4S. The molecule has 2 aliphatic rings. The van der Waals surface area contributed by atoms with Gasteiger partial charge in [0.1, 0.15) is 0 Å². The van der Waals surface area contributed by atoms with Crippen LogP contribution in [-0.2, 0) is 33.1 Å². The van der Waals surface area contributed by atoms with Crippen LogP contribution in [0.2, 0.25) is 0 Å². The van der Waals surface area contributed by atoms with Crippen LogP contribution >= 0.6 is 0 Å². The van der Waals surface area contributed by atoms with Crippen molar-refractivity contribution in [3.05, 3.63) is 42.6 Å². The highest BCUT2D eigenvalue weighted by molar-refractivity contribution is 7.89. The minimum absolute atomic E-state index is 0.00445. The molecule has 2 saturated heterocycles. The fourth-order valence-electron chi connectivity index (χ4n) is 3.83. The molecule has 10 heteroatoms. The average Bonchev–Trinajstić information content (AvgIpc) is 3.35. The molecule has 4 heterocycles. The van der Waals surface area contributed by atoms with Crippen molar-refractivity contribution in [3.8, 4) is 0 Å². The van der Waals surface area contributed by atoms with E-state index in [2.05, 4.69) is 15.3 Å². The van der Waals surface area contributed by atoms with E-state index >= 15 is 0 Å². The van der Waals surface area contributed by atoms with Crippen molar-refractivity contribution in [2.45, 2.75) is 36.6 Å². The van der Waals surface area contributed by atoms with Gasteiger partial charge in [-0.25, -0.2) is 13.4 Å². The van der Waals surface area contributed by atoms with Crippen LogP contribution in [0.15, 0.2) is 41.9 Å². The van der Waals surface area contributed by atoms with Gasteiger partial charge in [-0.1, -0.05) is 6.07 Å². The van der Waals surface area contributed by atoms with Crippen molar-refractivity contribution in [2.24, 2.45) is 13.0 Å². The quantitative estimate of drug-likeness (QED) is 0.767. The van der Waals surface area contributed by atoms with Crippen LogP contribution in [0, 0.1) is 5.92 Å². The van der Waals surface area contributed by atoms with Crippen molar-refractivity contribution in [1.29, 1.82) is 0 Å². The lowest BCUT2D eigenvalue weighted by Crippen LogP contribution is -2.54. The minimum atomic E-state index is -3.80. The number of aromatic nitrogens is 3. The molecule has 28 heavy (non-hydrogen) atoms. The largest absolute Gasteiger partial charge is 0.376 e. The number of fused-ring (bicyclic) bond motifs is 1. The predicted octanol–water partition coefficient (Wildman–Crippen LogP) is 0.300. The zero-order valence-corrected chi connectivity index (χ0v) is 16.4. The molecule has 2 aliphatic heterocycles. The van der Waals surface area contributed by atoms with Gasteiger partial charge < -0.3 is 14.6 Å². The first-order chi connectivity index (χ1) is 13.4. The highest BCUT2D eigenvalue weighted by Crippen LogP contribution is 2.34. The summed E-state index contributed by atoms with van der Waals surface area (Å²) in [5, 5.41) is 2.86. The molecule has 9 nitrogen and oxygen atoms in total. The number of carbonyl (C=O) groups is 1. The van der Waals surface area contributed by atoms with Crippen molar-refractivity contribution >= 4 is 15.9 Å². The first-order valence-corrected chi connectivity index (χ1v) is 10.7. The second kappa shape index (κ2) is 7.61. The van der Waals surface area contributed by atoms with Gasteiger partial charge >= 0.3 is 0 Å². The van der Waals surface area contributed by atoms with Gasteiger partial charge in [-0.3, -0.25) is 9.78 Å². The number of piperidine rings is 1. The van der Waals surface area contributed by atoms with Gasteiger partial charge in [-0.05, 0) is 25.0 Å². The van der Waals surface area contributed by atoms with Crippen LogP contribution in [0.1, 0.15) is 18.5 Å². The Balaban J connectivity index is 1.51. The monoisotopic (exact) mass is 405 g/mol. The maximum absolute atomic E-state index is 13.1. The minimum Gasteiger partial charge on any atom is -0.376 e. The van der Waals surface area contributed by atoms with Gasteiger partial charge in [0.05, 0.1) is 36.6 Å². The topological polar surface area (TPSA) is 106 Å². The molecule has 2 aromatic heterocycles. The summed E-state index contributed by atoms with van der Waals surface area (Å²) in [6, 6.07) is 5.24. The number of rotatable bonds is 5. The van der Waals surface area contributed by atoms with Crippen molar-refractivity contribution in [1.82, 2.24) is 24.2 Å². The van der Waals surface area contributed by atoms with Gasteiger partial charge in [0.15, 0.2) is 5.03 Å². The molecule has 1 amide bonds. The van der Waals surface area contributed by atoms with Crippen molar-refractivity contribution in [2.75, 3.05) is 13.2 Å². The summed E-state index contributed by atoms with van der Waals surface area (Å²) < 4.78 is 35.0. The number of nitrogens with zero attached hydrogens (tertiary/aromatic N) is 4. The van der Waals surface area contributed by atoms with E-state index in [0.717, 1.165) is 5.69 Å². The average molecular weight is 405 g/mol. The number of carbonyl (C=O) groups excluding carboxylic acids is 1. The van der Waals surface area contributed by atoms with Gasteiger partial charge in [0, 0.05) is 32.6 Å². The Labute approximate surface area is 163 Å². The Morgan fingerprint density at radius 3 is 2.93 bits per heavy atom. The number of hydrogen-bond donors (Lipinski definition) is 1. The smallest absolute Gasteiger partial charge is 0.262 e. The maximum Gasteiger partial charge on any atom is 0.262 e. The summed E-state index contributed by atoms with van der Waals surface area (Å²) in [4.78, 5) is 20.9. The molecule has 1 N–H and O–H groups in total. The third kappa shape index (κ3) is 3.67. The van der Waals surface area contributed by atoms with E-state index in [1.54, 1.807) is 17.8 Å². The zero-order chi connectivity index (χ0) is 19.7. The lowest BCUT2D eigenvalue weighted by atomic mass is 9.91. The highest BCUT2D eigenvalue weighted by Gasteiger charge is 2.47. The second-order valence-corrected chi connectivity index (χ2v) is 9.03. The summed E-state index contributed by atoms with van der Waals surface area (Å²) in [5.74, 6) is -0.678. The number of pyridine rings is 1. The molecule has 4 rings (SSSR count). The van der Waals surface area contributed by atoms with Crippen LogP contribution in [-0.4, -0.2) is 58.5 Å². The first-order valence-electron chi connectivity index (χ1n) is 9.24. The second-order valence-electron chi connectivity index (χ2n) is 7.19. The molecule has 2 aromatic rings. The molecule has 3 atom stereocenters. The summed E-state index contributed by atoms with van der Waals surface area (Å²) in [6.45, 7) is 0.918. The first kappa shape index (κ1) is 19.0. The Morgan fingerprint density at radius 1 is 1.36 bits per heavy atom. The predicted molar refractivity (Wildman–Crippen MR) is 99.4 cm³/mol. The SMILES string of the molecule is Cn1cnc(S(=O)(=O)N2C[C@H](C(=O)NCc3ccccn3)C[C@H]3OCC[C@H]32)c1. The number of aryl methyl sites for hydroxylation is 1. The molecule has 150 valence electrons. The van der Waals surface area contributed by atoms with E-state index in [1.807, 2.05) is 18.2 Å². The fraction of sp³-hybridized carbons (Fsp3) is 0.500. The summed E-state index contributed by atoms with van der Waals surface area (Å²) in [7, 11) is -2.08. The summed E-state index contributed by atoms with van der Waals surface area (Å²) >= 11 is 0. The Kier molecular flexibility index (Phi) is 5.17. The number of nitrogens with one attached hydrogen (secondary N) is 1.